The van der Waals surface area contributed by atoms with Crippen LogP contribution in [0.5, 0.6) is 0 Å². The van der Waals surface area contributed by atoms with Gasteiger partial charge in [-0.3, -0.25) is 4.79 Å². The van der Waals surface area contributed by atoms with Crippen molar-refractivity contribution < 1.29 is 4.79 Å². The number of amides is 1. The van der Waals surface area contributed by atoms with Crippen LogP contribution in [0.25, 0.3) is 6.08 Å². The molecule has 0 bridgehead atoms. The maximum absolute atomic E-state index is 12.6. The van der Waals surface area contributed by atoms with Crippen molar-refractivity contribution in [1.29, 1.82) is 5.26 Å². The lowest BCUT2D eigenvalue weighted by Crippen LogP contribution is -2.48. The van der Waals surface area contributed by atoms with Gasteiger partial charge in [-0.25, -0.2) is 0 Å². The van der Waals surface area contributed by atoms with Crippen LogP contribution in [-0.2, 0) is 4.79 Å². The predicted octanol–water partition coefficient (Wildman–Crippen LogP) is 6.65. The first kappa shape index (κ1) is 22.2. The summed E-state index contributed by atoms with van der Waals surface area (Å²) in [5.74, 6) is -0.123. The van der Waals surface area contributed by atoms with Crippen LogP contribution in [0.3, 0.4) is 0 Å². The van der Waals surface area contributed by atoms with Gasteiger partial charge < -0.3 is 10.2 Å². The molecule has 0 saturated carbocycles. The minimum Gasteiger partial charge on any atom is -0.366 e. The fourth-order valence-electron chi connectivity index (χ4n) is 4.29. The molecule has 1 heterocycles. The Morgan fingerprint density at radius 3 is 2.67 bits per heavy atom. The molecule has 1 N–H and O–H groups in total. The summed E-state index contributed by atoms with van der Waals surface area (Å²) in [6, 6.07) is 12.9. The molecule has 1 unspecified atom stereocenters. The van der Waals surface area contributed by atoms with E-state index in [4.69, 9.17) is 23.2 Å². The molecule has 1 aliphatic heterocycles. The van der Waals surface area contributed by atoms with Gasteiger partial charge in [-0.1, -0.05) is 36.2 Å². The number of nitrogens with one attached hydrogen (secondary N) is 1. The van der Waals surface area contributed by atoms with Crippen LogP contribution in [0.1, 0.15) is 51.2 Å². The third-order valence-electron chi connectivity index (χ3n) is 5.58. The molecule has 0 aromatic heterocycles. The van der Waals surface area contributed by atoms with Crippen LogP contribution in [-0.4, -0.2) is 18.0 Å². The van der Waals surface area contributed by atoms with Crippen LogP contribution >= 0.6 is 23.2 Å². The standard InChI is InChI=1S/C24H25Cl2N3O/c1-5-29-22-9-6-16(11-19(22)15(2)13-24(29,3)4)10-17(14-27)23(30)28-21-8-7-18(25)12-20(21)26/h6-12,15H,5,13H2,1-4H3,(H,28,30)/b17-10-. The largest absolute Gasteiger partial charge is 0.366 e. The number of nitrogens with zero attached hydrogens (tertiary/aromatic N) is 2. The van der Waals surface area contributed by atoms with Crippen LogP contribution in [0.4, 0.5) is 11.4 Å². The van der Waals surface area contributed by atoms with Gasteiger partial charge in [0.2, 0.25) is 0 Å². The van der Waals surface area contributed by atoms with Crippen molar-refractivity contribution in [3.05, 3.63) is 63.1 Å². The highest BCUT2D eigenvalue weighted by molar-refractivity contribution is 6.36. The highest BCUT2D eigenvalue weighted by atomic mass is 35.5. The molecule has 1 amide bonds. The molecule has 2 aromatic rings. The summed E-state index contributed by atoms with van der Waals surface area (Å²) in [4.78, 5) is 15.0. The Bertz CT molecular complexity index is 1050. The van der Waals surface area contributed by atoms with Crippen molar-refractivity contribution >= 4 is 46.6 Å². The quantitative estimate of drug-likeness (QED) is 0.426. The number of hydrogen-bond donors (Lipinski definition) is 1. The van der Waals surface area contributed by atoms with Gasteiger partial charge in [0.15, 0.2) is 0 Å². The number of carbonyl (C=O) groups excluding carboxylic acids is 1. The van der Waals surface area contributed by atoms with Crippen LogP contribution in [0, 0.1) is 11.3 Å². The third-order valence-corrected chi connectivity index (χ3v) is 6.13. The Balaban J connectivity index is 1.91. The molecule has 1 atom stereocenters. The molecular weight excluding hydrogens is 417 g/mol. The number of carbonyl (C=O) groups is 1. The molecule has 156 valence electrons. The number of rotatable bonds is 4. The van der Waals surface area contributed by atoms with E-state index in [9.17, 15) is 10.1 Å². The zero-order valence-electron chi connectivity index (χ0n) is 17.6. The number of hydrogen-bond acceptors (Lipinski definition) is 3. The molecule has 2 aromatic carbocycles. The van der Waals surface area contributed by atoms with Gasteiger partial charge in [-0.15, -0.1) is 0 Å². The van der Waals surface area contributed by atoms with Gasteiger partial charge >= 0.3 is 0 Å². The highest BCUT2D eigenvalue weighted by Crippen LogP contribution is 2.43. The first-order valence-electron chi connectivity index (χ1n) is 9.96. The summed E-state index contributed by atoms with van der Waals surface area (Å²) in [5, 5.41) is 13.0. The number of nitriles is 1. The smallest absolute Gasteiger partial charge is 0.266 e. The minimum absolute atomic E-state index is 0.0112. The van der Waals surface area contributed by atoms with Crippen molar-refractivity contribution in [2.24, 2.45) is 0 Å². The Hall–Kier alpha value is -2.48. The zero-order valence-corrected chi connectivity index (χ0v) is 19.1. The van der Waals surface area contributed by atoms with Gasteiger partial charge in [-0.2, -0.15) is 5.26 Å². The molecule has 0 spiro atoms. The molecule has 0 aliphatic carbocycles. The number of fused-ring (bicyclic) bond motifs is 1. The highest BCUT2D eigenvalue weighted by Gasteiger charge is 2.35. The fraction of sp³-hybridized carbons (Fsp3) is 0.333. The van der Waals surface area contributed by atoms with Crippen molar-refractivity contribution in [3.8, 4) is 6.07 Å². The van der Waals surface area contributed by atoms with Crippen LogP contribution in [0.15, 0.2) is 42.0 Å². The normalized spacial score (nSPS) is 17.8. The summed E-state index contributed by atoms with van der Waals surface area (Å²) in [7, 11) is 0. The monoisotopic (exact) mass is 441 g/mol. The Kier molecular flexibility index (Phi) is 6.45. The van der Waals surface area contributed by atoms with E-state index in [0.717, 1.165) is 18.5 Å². The van der Waals surface area contributed by atoms with E-state index in [-0.39, 0.29) is 11.1 Å². The zero-order chi connectivity index (χ0) is 22.1. The Labute approximate surface area is 188 Å². The molecule has 4 nitrogen and oxygen atoms in total. The lowest BCUT2D eigenvalue weighted by atomic mass is 9.79. The number of halogens is 2. The van der Waals surface area contributed by atoms with Crippen LogP contribution < -0.4 is 10.2 Å². The first-order chi connectivity index (χ1) is 14.2. The molecule has 30 heavy (non-hydrogen) atoms. The summed E-state index contributed by atoms with van der Waals surface area (Å²) in [6.45, 7) is 9.85. The second kappa shape index (κ2) is 8.71. The average Bonchev–Trinajstić information content (AvgIpc) is 2.68. The van der Waals surface area contributed by atoms with Crippen LogP contribution in [0.2, 0.25) is 10.0 Å². The second-order valence-electron chi connectivity index (χ2n) is 8.23. The third kappa shape index (κ3) is 4.48. The second-order valence-corrected chi connectivity index (χ2v) is 9.07. The van der Waals surface area contributed by atoms with E-state index in [1.54, 1.807) is 24.3 Å². The Morgan fingerprint density at radius 1 is 1.30 bits per heavy atom. The number of benzene rings is 2. The van der Waals surface area contributed by atoms with E-state index in [0.29, 0.717) is 21.7 Å². The molecule has 0 saturated heterocycles. The van der Waals surface area contributed by atoms with Crippen molar-refractivity contribution in [2.45, 2.75) is 45.6 Å². The van der Waals surface area contributed by atoms with Gasteiger partial charge in [0, 0.05) is 22.8 Å². The van der Waals surface area contributed by atoms with Gasteiger partial charge in [-0.05, 0) is 80.6 Å². The molecule has 0 radical (unpaired) electrons. The fourth-order valence-corrected chi connectivity index (χ4v) is 4.75. The topological polar surface area (TPSA) is 56.1 Å². The Morgan fingerprint density at radius 2 is 2.03 bits per heavy atom. The lowest BCUT2D eigenvalue weighted by molar-refractivity contribution is -0.112. The first-order valence-corrected chi connectivity index (χ1v) is 10.7. The van der Waals surface area contributed by atoms with Gasteiger partial charge in [0.25, 0.3) is 5.91 Å². The SMILES string of the molecule is CCN1c2ccc(/C=C(/C#N)C(=O)Nc3ccc(Cl)cc3Cl)cc2C(C)CC1(C)C. The molecule has 1 aliphatic rings. The summed E-state index contributed by atoms with van der Waals surface area (Å²) < 4.78 is 0. The molecule has 6 heteroatoms. The van der Waals surface area contributed by atoms with Gasteiger partial charge in [0.05, 0.1) is 10.7 Å². The van der Waals surface area contributed by atoms with Crippen molar-refractivity contribution in [1.82, 2.24) is 0 Å². The van der Waals surface area contributed by atoms with E-state index in [1.165, 1.54) is 11.3 Å². The van der Waals surface area contributed by atoms with Crippen molar-refractivity contribution in [2.75, 3.05) is 16.8 Å². The van der Waals surface area contributed by atoms with E-state index >= 15 is 0 Å². The minimum atomic E-state index is -0.510. The average molecular weight is 442 g/mol. The van der Waals surface area contributed by atoms with Crippen molar-refractivity contribution in [3.63, 3.8) is 0 Å². The summed E-state index contributed by atoms with van der Waals surface area (Å²) in [5.41, 5.74) is 3.79. The van der Waals surface area contributed by atoms with E-state index in [1.807, 2.05) is 12.1 Å². The van der Waals surface area contributed by atoms with Gasteiger partial charge in [0.1, 0.15) is 11.6 Å². The molecule has 0 fully saturated rings. The molecular formula is C24H25Cl2N3O. The maximum atomic E-state index is 12.6. The maximum Gasteiger partial charge on any atom is 0.266 e. The van der Waals surface area contributed by atoms with E-state index < -0.39 is 5.91 Å². The van der Waals surface area contributed by atoms with E-state index in [2.05, 4.69) is 50.0 Å². The lowest BCUT2D eigenvalue weighted by Gasteiger charge is -2.47. The molecule has 3 rings (SSSR count). The summed E-state index contributed by atoms with van der Waals surface area (Å²) in [6.07, 6.45) is 2.66. The summed E-state index contributed by atoms with van der Waals surface area (Å²) >= 11 is 12.0. The number of anilines is 2. The predicted molar refractivity (Wildman–Crippen MR) is 125 cm³/mol.